The fourth-order valence-corrected chi connectivity index (χ4v) is 2.82. The Labute approximate surface area is 141 Å². The Hall–Kier alpha value is -1.10. The summed E-state index contributed by atoms with van der Waals surface area (Å²) in [4.78, 5) is 9.58. The highest BCUT2D eigenvalue weighted by molar-refractivity contribution is 5.97. The van der Waals surface area contributed by atoms with E-state index < -0.39 is 5.54 Å². The summed E-state index contributed by atoms with van der Waals surface area (Å²) in [6, 6.07) is -0.133. The smallest absolute Gasteiger partial charge is 0.215 e. The molecule has 5 heteroatoms. The van der Waals surface area contributed by atoms with Crippen LogP contribution in [-0.4, -0.2) is 48.3 Å². The summed E-state index contributed by atoms with van der Waals surface area (Å²) in [7, 11) is 0. The van der Waals surface area contributed by atoms with Gasteiger partial charge in [-0.1, -0.05) is 46.5 Å². The number of aliphatic hydroxyl groups excluding tert-OH is 1. The van der Waals surface area contributed by atoms with Crippen LogP contribution < -0.4 is 0 Å². The molecule has 2 atom stereocenters. The minimum Gasteiger partial charge on any atom is -0.480 e. The molecule has 134 valence electrons. The van der Waals surface area contributed by atoms with Gasteiger partial charge in [0, 0.05) is 0 Å². The molecule has 0 unspecified atom stereocenters. The third-order valence-corrected chi connectivity index (χ3v) is 4.14. The number of aliphatic hydroxyl groups is 1. The van der Waals surface area contributed by atoms with Crippen molar-refractivity contribution in [3.63, 3.8) is 0 Å². The summed E-state index contributed by atoms with van der Waals surface area (Å²) >= 11 is 0. The van der Waals surface area contributed by atoms with E-state index in [2.05, 4.69) is 20.8 Å². The van der Waals surface area contributed by atoms with Crippen LogP contribution in [0.3, 0.4) is 0 Å². The molecule has 1 aliphatic rings. The van der Waals surface area contributed by atoms with Gasteiger partial charge >= 0.3 is 0 Å². The molecule has 0 fully saturated rings. The SMILES string of the molecule is CCCCCC[C@@]1(CO)N=C(OCC)[C@H](C(C)C)N=C1OCC. The molecule has 0 saturated carbocycles. The summed E-state index contributed by atoms with van der Waals surface area (Å²) in [5, 5.41) is 10.1. The predicted molar refractivity (Wildman–Crippen MR) is 95.3 cm³/mol. The highest BCUT2D eigenvalue weighted by atomic mass is 16.5. The fourth-order valence-electron chi connectivity index (χ4n) is 2.82. The van der Waals surface area contributed by atoms with E-state index in [4.69, 9.17) is 19.5 Å². The Morgan fingerprint density at radius 1 is 1.09 bits per heavy atom. The van der Waals surface area contributed by atoms with Crippen molar-refractivity contribution in [3.8, 4) is 0 Å². The summed E-state index contributed by atoms with van der Waals surface area (Å²) in [5.41, 5.74) is -0.778. The Bertz CT molecular complexity index is 407. The first-order chi connectivity index (χ1) is 11.0. The van der Waals surface area contributed by atoms with Crippen molar-refractivity contribution in [2.75, 3.05) is 19.8 Å². The molecular formula is C18H34N2O3. The summed E-state index contributed by atoms with van der Waals surface area (Å²) in [6.07, 6.45) is 5.24. The van der Waals surface area contributed by atoms with Gasteiger partial charge in [0.15, 0.2) is 5.54 Å². The predicted octanol–water partition coefficient (Wildman–Crippen LogP) is 3.60. The molecule has 5 nitrogen and oxygen atoms in total. The number of hydrogen-bond acceptors (Lipinski definition) is 5. The van der Waals surface area contributed by atoms with Crippen LogP contribution >= 0.6 is 0 Å². The van der Waals surface area contributed by atoms with E-state index in [1.807, 2.05) is 13.8 Å². The lowest BCUT2D eigenvalue weighted by Crippen LogP contribution is -2.49. The lowest BCUT2D eigenvalue weighted by atomic mass is 9.90. The minimum absolute atomic E-state index is 0.0979. The number of ether oxygens (including phenoxy) is 2. The van der Waals surface area contributed by atoms with Crippen LogP contribution in [0.25, 0.3) is 0 Å². The van der Waals surface area contributed by atoms with Crippen molar-refractivity contribution < 1.29 is 14.6 Å². The van der Waals surface area contributed by atoms with Gasteiger partial charge in [-0.05, 0) is 26.2 Å². The van der Waals surface area contributed by atoms with E-state index >= 15 is 0 Å². The Balaban J connectivity index is 3.07. The van der Waals surface area contributed by atoms with Crippen molar-refractivity contribution in [1.82, 2.24) is 0 Å². The Morgan fingerprint density at radius 3 is 2.30 bits per heavy atom. The molecule has 1 heterocycles. The van der Waals surface area contributed by atoms with E-state index in [9.17, 15) is 5.11 Å². The third kappa shape index (κ3) is 5.20. The number of rotatable bonds is 9. The summed E-state index contributed by atoms with van der Waals surface area (Å²) in [6.45, 7) is 11.3. The first-order valence-electron chi connectivity index (χ1n) is 9.09. The molecule has 0 aliphatic carbocycles. The van der Waals surface area contributed by atoms with E-state index in [1.165, 1.54) is 12.8 Å². The number of unbranched alkanes of at least 4 members (excludes halogenated alkanes) is 3. The van der Waals surface area contributed by atoms with Crippen LogP contribution in [0, 0.1) is 5.92 Å². The standard InChI is InChI=1S/C18H34N2O3/c1-6-9-10-11-12-18(13-21)17(23-8-3)19-15(14(4)5)16(20-18)22-7-2/h14-15,21H,6-13H2,1-5H3/t15-,18-/m0/s1. The molecule has 1 rings (SSSR count). The molecule has 0 spiro atoms. The van der Waals surface area contributed by atoms with Crippen LogP contribution in [0.2, 0.25) is 0 Å². The van der Waals surface area contributed by atoms with Crippen LogP contribution in [-0.2, 0) is 9.47 Å². The highest BCUT2D eigenvalue weighted by Crippen LogP contribution is 2.29. The summed E-state index contributed by atoms with van der Waals surface area (Å²) < 4.78 is 11.5. The molecule has 1 aliphatic heterocycles. The maximum absolute atomic E-state index is 10.1. The van der Waals surface area contributed by atoms with Crippen molar-refractivity contribution in [2.24, 2.45) is 15.9 Å². The van der Waals surface area contributed by atoms with Gasteiger partial charge in [-0.25, -0.2) is 9.98 Å². The van der Waals surface area contributed by atoms with Crippen molar-refractivity contribution in [2.45, 2.75) is 78.3 Å². The topological polar surface area (TPSA) is 63.4 Å². The molecule has 0 saturated heterocycles. The molecule has 0 bridgehead atoms. The zero-order valence-electron chi connectivity index (χ0n) is 15.5. The Morgan fingerprint density at radius 2 is 1.78 bits per heavy atom. The average Bonchev–Trinajstić information content (AvgIpc) is 2.53. The van der Waals surface area contributed by atoms with Gasteiger partial charge in [-0.15, -0.1) is 0 Å². The average molecular weight is 326 g/mol. The molecule has 0 aromatic heterocycles. The second kappa shape index (κ2) is 9.91. The maximum atomic E-state index is 10.1. The first-order valence-corrected chi connectivity index (χ1v) is 9.09. The lowest BCUT2D eigenvalue weighted by molar-refractivity contribution is 0.181. The second-order valence-corrected chi connectivity index (χ2v) is 6.44. The highest BCUT2D eigenvalue weighted by Gasteiger charge is 2.43. The maximum Gasteiger partial charge on any atom is 0.215 e. The monoisotopic (exact) mass is 326 g/mol. The molecular weight excluding hydrogens is 292 g/mol. The zero-order chi connectivity index (χ0) is 17.3. The van der Waals surface area contributed by atoms with Crippen LogP contribution in [0.15, 0.2) is 9.98 Å². The lowest BCUT2D eigenvalue weighted by Gasteiger charge is -2.35. The normalized spacial score (nSPS) is 24.4. The van der Waals surface area contributed by atoms with E-state index in [0.717, 1.165) is 19.3 Å². The minimum atomic E-state index is -0.778. The van der Waals surface area contributed by atoms with Crippen LogP contribution in [0.5, 0.6) is 0 Å². The summed E-state index contributed by atoms with van der Waals surface area (Å²) in [5.74, 6) is 1.48. The number of hydrogen-bond donors (Lipinski definition) is 1. The van der Waals surface area contributed by atoms with Crippen molar-refractivity contribution in [1.29, 1.82) is 0 Å². The van der Waals surface area contributed by atoms with Crippen molar-refractivity contribution >= 4 is 11.8 Å². The van der Waals surface area contributed by atoms with E-state index in [-0.39, 0.29) is 18.6 Å². The fraction of sp³-hybridized carbons (Fsp3) is 0.889. The van der Waals surface area contributed by atoms with E-state index in [0.29, 0.717) is 25.0 Å². The van der Waals surface area contributed by atoms with Gasteiger partial charge in [0.25, 0.3) is 0 Å². The molecule has 0 radical (unpaired) electrons. The zero-order valence-corrected chi connectivity index (χ0v) is 15.5. The molecule has 1 N–H and O–H groups in total. The van der Waals surface area contributed by atoms with Gasteiger partial charge in [0.1, 0.15) is 6.04 Å². The van der Waals surface area contributed by atoms with Gasteiger partial charge in [-0.3, -0.25) is 0 Å². The Kier molecular flexibility index (Phi) is 8.59. The van der Waals surface area contributed by atoms with E-state index in [1.54, 1.807) is 0 Å². The number of aliphatic imine (C=N–C) groups is 2. The molecule has 0 aromatic carbocycles. The third-order valence-electron chi connectivity index (χ3n) is 4.14. The second-order valence-electron chi connectivity index (χ2n) is 6.44. The number of nitrogens with zero attached hydrogens (tertiary/aromatic N) is 2. The van der Waals surface area contributed by atoms with Crippen LogP contribution in [0.1, 0.15) is 66.7 Å². The first kappa shape index (κ1) is 19.9. The molecule has 23 heavy (non-hydrogen) atoms. The van der Waals surface area contributed by atoms with Crippen LogP contribution in [0.4, 0.5) is 0 Å². The quantitative estimate of drug-likeness (QED) is 0.659. The van der Waals surface area contributed by atoms with Gasteiger partial charge < -0.3 is 14.6 Å². The molecule has 0 aromatic rings. The van der Waals surface area contributed by atoms with Gasteiger partial charge in [-0.2, -0.15) is 0 Å². The van der Waals surface area contributed by atoms with Gasteiger partial charge in [0.2, 0.25) is 11.8 Å². The molecule has 0 amide bonds. The largest absolute Gasteiger partial charge is 0.480 e. The van der Waals surface area contributed by atoms with Crippen molar-refractivity contribution in [3.05, 3.63) is 0 Å². The van der Waals surface area contributed by atoms with Gasteiger partial charge in [0.05, 0.1) is 19.8 Å².